The minimum atomic E-state index is -0.166. The fraction of sp³-hybridized carbons (Fsp3) is 0.500. The highest BCUT2D eigenvalue weighted by molar-refractivity contribution is 14.1. The lowest BCUT2D eigenvalue weighted by Gasteiger charge is -2.25. The molecule has 0 saturated heterocycles. The normalized spacial score (nSPS) is 39.6. The van der Waals surface area contributed by atoms with Crippen molar-refractivity contribution in [2.75, 3.05) is 0 Å². The van der Waals surface area contributed by atoms with E-state index in [2.05, 4.69) is 35.2 Å². The summed E-state index contributed by atoms with van der Waals surface area (Å²) in [5, 5.41) is 0. The first kappa shape index (κ1) is 8.48. The van der Waals surface area contributed by atoms with Crippen LogP contribution in [-0.4, -0.2) is 6.29 Å². The molecule has 0 amide bonds. The van der Waals surface area contributed by atoms with E-state index in [9.17, 15) is 4.79 Å². The van der Waals surface area contributed by atoms with Crippen molar-refractivity contribution in [2.24, 2.45) is 11.3 Å². The minimum absolute atomic E-state index is 0.166. The number of aldehydes is 1. The molecule has 0 N–H and O–H groups in total. The van der Waals surface area contributed by atoms with Crippen LogP contribution in [0.4, 0.5) is 0 Å². The largest absolute Gasteiger partial charge is 0.302 e. The molecule has 0 aromatic carbocycles. The van der Waals surface area contributed by atoms with Gasteiger partial charge < -0.3 is 4.79 Å². The van der Waals surface area contributed by atoms with Crippen molar-refractivity contribution >= 4 is 28.9 Å². The summed E-state index contributed by atoms with van der Waals surface area (Å²) in [5.41, 5.74) is 1.10. The van der Waals surface area contributed by atoms with E-state index in [1.807, 2.05) is 0 Å². The van der Waals surface area contributed by atoms with Gasteiger partial charge in [-0.05, 0) is 47.8 Å². The van der Waals surface area contributed by atoms with Crippen molar-refractivity contribution in [1.29, 1.82) is 0 Å². The Morgan fingerprint density at radius 1 is 1.75 bits per heavy atom. The number of fused-ring (bicyclic) bond motifs is 2. The highest BCUT2D eigenvalue weighted by Crippen LogP contribution is 2.54. The van der Waals surface area contributed by atoms with Gasteiger partial charge >= 0.3 is 0 Å². The van der Waals surface area contributed by atoms with Gasteiger partial charge in [0, 0.05) is 3.58 Å². The molecule has 0 aliphatic heterocycles. The third-order valence-corrected chi connectivity index (χ3v) is 4.53. The summed E-state index contributed by atoms with van der Waals surface area (Å²) in [5.74, 6) is 0.578. The van der Waals surface area contributed by atoms with Crippen LogP contribution in [0, 0.1) is 11.3 Å². The number of rotatable bonds is 1. The Morgan fingerprint density at radius 3 is 3.08 bits per heavy atom. The maximum atomic E-state index is 11.0. The van der Waals surface area contributed by atoms with E-state index < -0.39 is 0 Å². The minimum Gasteiger partial charge on any atom is -0.302 e. The predicted molar refractivity (Wildman–Crippen MR) is 57.1 cm³/mol. The number of halogens is 1. The van der Waals surface area contributed by atoms with E-state index in [0.29, 0.717) is 5.92 Å². The Kier molecular flexibility index (Phi) is 1.90. The molecular weight excluding hydrogens is 263 g/mol. The van der Waals surface area contributed by atoms with E-state index >= 15 is 0 Å². The van der Waals surface area contributed by atoms with Gasteiger partial charge in [-0.2, -0.15) is 0 Å². The zero-order valence-electron chi connectivity index (χ0n) is 6.85. The molecule has 0 spiro atoms. The van der Waals surface area contributed by atoms with E-state index in [-0.39, 0.29) is 5.41 Å². The van der Waals surface area contributed by atoms with Gasteiger partial charge in [-0.15, -0.1) is 0 Å². The fourth-order valence-corrected chi connectivity index (χ4v) is 3.03. The molecule has 2 aliphatic carbocycles. The first-order valence-electron chi connectivity index (χ1n) is 4.18. The number of hydrogen-bond acceptors (Lipinski definition) is 1. The molecule has 0 heterocycles. The van der Waals surface area contributed by atoms with Crippen molar-refractivity contribution in [2.45, 2.75) is 19.3 Å². The monoisotopic (exact) mass is 274 g/mol. The summed E-state index contributed by atoms with van der Waals surface area (Å²) < 4.78 is 1.23. The molecule has 1 fully saturated rings. The highest BCUT2D eigenvalue weighted by Gasteiger charge is 2.45. The van der Waals surface area contributed by atoms with Gasteiger partial charge in [-0.25, -0.2) is 0 Å². The van der Waals surface area contributed by atoms with Crippen LogP contribution in [0.15, 0.2) is 21.8 Å². The second-order valence-electron chi connectivity index (χ2n) is 3.80. The van der Waals surface area contributed by atoms with Gasteiger partial charge in [0.05, 0.1) is 5.41 Å². The molecule has 64 valence electrons. The molecule has 2 aliphatic rings. The van der Waals surface area contributed by atoms with Crippen molar-refractivity contribution in [3.63, 3.8) is 0 Å². The van der Waals surface area contributed by atoms with Crippen molar-refractivity contribution in [3.05, 3.63) is 21.8 Å². The highest BCUT2D eigenvalue weighted by atomic mass is 127. The summed E-state index contributed by atoms with van der Waals surface area (Å²) in [6.07, 6.45) is 6.30. The second-order valence-corrected chi connectivity index (χ2v) is 4.96. The zero-order valence-corrected chi connectivity index (χ0v) is 9.00. The van der Waals surface area contributed by atoms with Gasteiger partial charge in [-0.3, -0.25) is 0 Å². The number of carbonyl (C=O) groups is 1. The lowest BCUT2D eigenvalue weighted by atomic mass is 9.82. The Labute approximate surface area is 86.1 Å². The van der Waals surface area contributed by atoms with Gasteiger partial charge in [0.2, 0.25) is 0 Å². The maximum absolute atomic E-state index is 11.0. The molecule has 1 saturated carbocycles. The Hall–Kier alpha value is -0.120. The number of allylic oxidation sites excluding steroid dienone is 3. The van der Waals surface area contributed by atoms with Gasteiger partial charge in [0.25, 0.3) is 0 Å². The molecular formula is C10H11IO. The average Bonchev–Trinajstić information content (AvgIpc) is 2.35. The third kappa shape index (κ3) is 1.00. The Bertz CT molecular complexity index is 280. The smallest absolute Gasteiger partial charge is 0.131 e. The Balaban J connectivity index is 2.43. The molecule has 0 radical (unpaired) electrons. The molecule has 0 aromatic rings. The van der Waals surface area contributed by atoms with Gasteiger partial charge in [0.15, 0.2) is 0 Å². The Morgan fingerprint density at radius 2 is 2.50 bits per heavy atom. The summed E-state index contributed by atoms with van der Waals surface area (Å²) >= 11 is 2.30. The SMILES string of the molecule is C=C1C[C@]2(C=O)C[C@H]1CC=C2I. The summed E-state index contributed by atoms with van der Waals surface area (Å²) in [4.78, 5) is 11.0. The maximum Gasteiger partial charge on any atom is 0.131 e. The molecule has 0 unspecified atom stereocenters. The summed E-state index contributed by atoms with van der Waals surface area (Å²) in [6.45, 7) is 4.03. The second kappa shape index (κ2) is 2.69. The zero-order chi connectivity index (χ0) is 8.77. The quantitative estimate of drug-likeness (QED) is 0.408. The standard InChI is InChI=1S/C10H11IO/c1-7-4-10(6-12)5-8(7)2-3-9(10)11/h3,6,8H,1-2,4-5H2/t8-,10-/m1/s1. The lowest BCUT2D eigenvalue weighted by molar-refractivity contribution is -0.114. The van der Waals surface area contributed by atoms with Crippen LogP contribution >= 0.6 is 22.6 Å². The molecule has 2 rings (SSSR count). The van der Waals surface area contributed by atoms with Crippen LogP contribution in [0.3, 0.4) is 0 Å². The molecule has 2 heteroatoms. The average molecular weight is 274 g/mol. The van der Waals surface area contributed by atoms with Crippen LogP contribution in [0.5, 0.6) is 0 Å². The molecule has 1 nitrogen and oxygen atoms in total. The molecule has 0 aromatic heterocycles. The van der Waals surface area contributed by atoms with E-state index in [1.165, 1.54) is 9.15 Å². The van der Waals surface area contributed by atoms with Crippen molar-refractivity contribution < 1.29 is 4.79 Å². The van der Waals surface area contributed by atoms with Crippen LogP contribution in [0.25, 0.3) is 0 Å². The van der Waals surface area contributed by atoms with E-state index in [0.717, 1.165) is 25.5 Å². The first-order valence-corrected chi connectivity index (χ1v) is 5.26. The predicted octanol–water partition coefficient (Wildman–Crippen LogP) is 2.86. The van der Waals surface area contributed by atoms with Crippen molar-refractivity contribution in [3.8, 4) is 0 Å². The molecule has 2 atom stereocenters. The van der Waals surface area contributed by atoms with Gasteiger partial charge in [-0.1, -0.05) is 18.2 Å². The topological polar surface area (TPSA) is 17.1 Å². The molecule has 12 heavy (non-hydrogen) atoms. The van der Waals surface area contributed by atoms with Crippen molar-refractivity contribution in [1.82, 2.24) is 0 Å². The summed E-state index contributed by atoms with van der Waals surface area (Å²) in [7, 11) is 0. The third-order valence-electron chi connectivity index (χ3n) is 3.01. The lowest BCUT2D eigenvalue weighted by Crippen LogP contribution is -2.21. The van der Waals surface area contributed by atoms with Crippen LogP contribution in [0.2, 0.25) is 0 Å². The first-order chi connectivity index (χ1) is 5.68. The summed E-state index contributed by atoms with van der Waals surface area (Å²) in [6, 6.07) is 0. The van der Waals surface area contributed by atoms with Crippen LogP contribution < -0.4 is 0 Å². The van der Waals surface area contributed by atoms with Gasteiger partial charge in [0.1, 0.15) is 6.29 Å². The number of hydrogen-bond donors (Lipinski definition) is 0. The molecule has 2 bridgehead atoms. The number of carbonyl (C=O) groups excluding carboxylic acids is 1. The van der Waals surface area contributed by atoms with E-state index in [4.69, 9.17) is 0 Å². The van der Waals surface area contributed by atoms with Crippen LogP contribution in [-0.2, 0) is 4.79 Å². The van der Waals surface area contributed by atoms with Crippen LogP contribution in [0.1, 0.15) is 19.3 Å². The van der Waals surface area contributed by atoms with E-state index in [1.54, 1.807) is 0 Å². The fourth-order valence-electron chi connectivity index (χ4n) is 2.23.